The lowest BCUT2D eigenvalue weighted by Crippen LogP contribution is -2.47. The normalized spacial score (nSPS) is 16.2. The lowest BCUT2D eigenvalue weighted by molar-refractivity contribution is -0.132. The van der Waals surface area contributed by atoms with Gasteiger partial charge in [-0.15, -0.1) is 0 Å². The Morgan fingerprint density at radius 3 is 2.47 bits per heavy atom. The van der Waals surface area contributed by atoms with E-state index in [4.69, 9.17) is 4.74 Å². The summed E-state index contributed by atoms with van der Waals surface area (Å²) in [6, 6.07) is 14.2. The molecule has 1 fully saturated rings. The van der Waals surface area contributed by atoms with Gasteiger partial charge in [0.25, 0.3) is 0 Å². The average molecular weight is 499 g/mol. The van der Waals surface area contributed by atoms with Gasteiger partial charge in [0.1, 0.15) is 11.4 Å². The zero-order valence-corrected chi connectivity index (χ0v) is 21.1. The summed E-state index contributed by atoms with van der Waals surface area (Å²) in [5, 5.41) is 8.34. The first-order valence-electron chi connectivity index (χ1n) is 12.2. The summed E-state index contributed by atoms with van der Waals surface area (Å²) in [6.07, 6.45) is 1.05. The number of likely N-dealkylation sites (tertiary alicyclic amines) is 1. The van der Waals surface area contributed by atoms with Crippen LogP contribution in [0, 0.1) is 5.82 Å². The van der Waals surface area contributed by atoms with Crippen molar-refractivity contribution < 1.29 is 23.5 Å². The predicted octanol–water partition coefficient (Wildman–Crippen LogP) is 4.46. The average Bonchev–Trinajstić information content (AvgIpc) is 3.27. The minimum atomic E-state index is -0.706. The van der Waals surface area contributed by atoms with Crippen molar-refractivity contribution in [1.82, 2.24) is 15.5 Å². The van der Waals surface area contributed by atoms with Crippen LogP contribution in [-0.2, 0) is 16.0 Å². The van der Waals surface area contributed by atoms with Gasteiger partial charge in [-0.3, -0.25) is 4.79 Å². The molecule has 0 bridgehead atoms. The third kappa shape index (κ3) is 8.55. The molecule has 3 N–H and O–H groups in total. The molecule has 1 saturated heterocycles. The Bertz CT molecular complexity index is 1040. The SMILES string of the molecule is CC(C)(C)OC(=O)N[C@@H](CC(=O)N1CCC[C@H]1CNC(=O)Nc1ccccc1)Cc1ccccc1F. The first kappa shape index (κ1) is 27.0. The molecule has 0 saturated carbocycles. The maximum atomic E-state index is 14.3. The number of carbonyl (C=O) groups is 3. The molecule has 1 aliphatic rings. The van der Waals surface area contributed by atoms with E-state index in [1.807, 2.05) is 18.2 Å². The van der Waals surface area contributed by atoms with Crippen molar-refractivity contribution in [2.45, 2.75) is 64.1 Å². The number of urea groups is 1. The highest BCUT2D eigenvalue weighted by Gasteiger charge is 2.31. The van der Waals surface area contributed by atoms with Gasteiger partial charge in [-0.05, 0) is 63.8 Å². The number of nitrogens with zero attached hydrogens (tertiary/aromatic N) is 1. The van der Waals surface area contributed by atoms with E-state index in [1.54, 1.807) is 56.0 Å². The maximum absolute atomic E-state index is 14.3. The van der Waals surface area contributed by atoms with Crippen molar-refractivity contribution in [2.75, 3.05) is 18.4 Å². The minimum Gasteiger partial charge on any atom is -0.444 e. The van der Waals surface area contributed by atoms with Crippen LogP contribution in [0.25, 0.3) is 0 Å². The topological polar surface area (TPSA) is 99.8 Å². The van der Waals surface area contributed by atoms with Gasteiger partial charge in [0.05, 0.1) is 0 Å². The van der Waals surface area contributed by atoms with E-state index in [1.165, 1.54) is 6.07 Å². The number of ether oxygens (including phenoxy) is 1. The number of anilines is 1. The largest absolute Gasteiger partial charge is 0.444 e. The summed E-state index contributed by atoms with van der Waals surface area (Å²) in [6.45, 7) is 6.12. The number of alkyl carbamates (subject to hydrolysis) is 1. The molecule has 36 heavy (non-hydrogen) atoms. The monoisotopic (exact) mass is 498 g/mol. The molecule has 0 aliphatic carbocycles. The molecule has 1 aliphatic heterocycles. The van der Waals surface area contributed by atoms with Crippen molar-refractivity contribution in [2.24, 2.45) is 0 Å². The lowest BCUT2D eigenvalue weighted by Gasteiger charge is -2.28. The summed E-state index contributed by atoms with van der Waals surface area (Å²) in [5.41, 5.74) is 0.380. The maximum Gasteiger partial charge on any atom is 0.407 e. The Balaban J connectivity index is 1.61. The van der Waals surface area contributed by atoms with Crippen LogP contribution in [-0.4, -0.2) is 53.7 Å². The molecule has 9 heteroatoms. The van der Waals surface area contributed by atoms with Crippen molar-refractivity contribution in [3.05, 3.63) is 66.0 Å². The fourth-order valence-electron chi connectivity index (χ4n) is 4.19. The molecule has 1 heterocycles. The molecule has 194 valence electrons. The first-order valence-corrected chi connectivity index (χ1v) is 12.2. The van der Waals surface area contributed by atoms with Gasteiger partial charge in [-0.1, -0.05) is 36.4 Å². The van der Waals surface area contributed by atoms with E-state index in [0.29, 0.717) is 24.3 Å². The fraction of sp³-hybridized carbons (Fsp3) is 0.444. The molecule has 2 aromatic carbocycles. The van der Waals surface area contributed by atoms with Gasteiger partial charge >= 0.3 is 12.1 Å². The first-order chi connectivity index (χ1) is 17.1. The summed E-state index contributed by atoms with van der Waals surface area (Å²) in [4.78, 5) is 39.7. The second-order valence-corrected chi connectivity index (χ2v) is 9.93. The van der Waals surface area contributed by atoms with Gasteiger partial charge in [0.2, 0.25) is 5.91 Å². The molecule has 2 atom stereocenters. The van der Waals surface area contributed by atoms with Crippen LogP contribution >= 0.6 is 0 Å². The van der Waals surface area contributed by atoms with E-state index in [9.17, 15) is 18.8 Å². The molecule has 0 radical (unpaired) electrons. The predicted molar refractivity (Wildman–Crippen MR) is 136 cm³/mol. The molecular formula is C27H35FN4O4. The number of rotatable bonds is 8. The lowest BCUT2D eigenvalue weighted by atomic mass is 10.0. The third-order valence-corrected chi connectivity index (χ3v) is 5.79. The number of hydrogen-bond acceptors (Lipinski definition) is 4. The number of halogens is 1. The summed E-state index contributed by atoms with van der Waals surface area (Å²) in [5.74, 6) is -0.561. The molecule has 0 spiro atoms. The zero-order chi connectivity index (χ0) is 26.1. The van der Waals surface area contributed by atoms with Crippen LogP contribution in [0.5, 0.6) is 0 Å². The Morgan fingerprint density at radius 2 is 1.78 bits per heavy atom. The second-order valence-electron chi connectivity index (χ2n) is 9.93. The second kappa shape index (κ2) is 12.4. The van der Waals surface area contributed by atoms with E-state index in [-0.39, 0.29) is 30.8 Å². The summed E-state index contributed by atoms with van der Waals surface area (Å²) >= 11 is 0. The highest BCUT2D eigenvalue weighted by Crippen LogP contribution is 2.20. The number of para-hydroxylation sites is 1. The Hall–Kier alpha value is -3.62. The van der Waals surface area contributed by atoms with Crippen LogP contribution in [0.3, 0.4) is 0 Å². The van der Waals surface area contributed by atoms with Gasteiger partial charge in [0.15, 0.2) is 0 Å². The minimum absolute atomic E-state index is 0.0136. The summed E-state index contributed by atoms with van der Waals surface area (Å²) in [7, 11) is 0. The van der Waals surface area contributed by atoms with E-state index in [2.05, 4.69) is 16.0 Å². The van der Waals surface area contributed by atoms with E-state index >= 15 is 0 Å². The number of carbonyl (C=O) groups excluding carboxylic acids is 3. The molecule has 2 aromatic rings. The van der Waals surface area contributed by atoms with Crippen molar-refractivity contribution in [1.29, 1.82) is 0 Å². The molecule has 3 rings (SSSR count). The number of nitrogens with one attached hydrogen (secondary N) is 3. The van der Waals surface area contributed by atoms with Gasteiger partial charge < -0.3 is 25.6 Å². The van der Waals surface area contributed by atoms with E-state index < -0.39 is 23.6 Å². The molecule has 4 amide bonds. The van der Waals surface area contributed by atoms with Gasteiger partial charge in [0, 0.05) is 37.3 Å². The Kier molecular flexibility index (Phi) is 9.27. The quantitative estimate of drug-likeness (QED) is 0.500. The Labute approximate surface area is 211 Å². The smallest absolute Gasteiger partial charge is 0.407 e. The van der Waals surface area contributed by atoms with Gasteiger partial charge in [-0.25, -0.2) is 14.0 Å². The van der Waals surface area contributed by atoms with Crippen LogP contribution < -0.4 is 16.0 Å². The third-order valence-electron chi connectivity index (χ3n) is 5.79. The molecule has 0 aromatic heterocycles. The van der Waals surface area contributed by atoms with Crippen molar-refractivity contribution in [3.63, 3.8) is 0 Å². The highest BCUT2D eigenvalue weighted by atomic mass is 19.1. The van der Waals surface area contributed by atoms with Crippen LogP contribution in [0.15, 0.2) is 54.6 Å². The number of amides is 4. The number of hydrogen-bond donors (Lipinski definition) is 3. The number of benzene rings is 2. The molecular weight excluding hydrogens is 463 g/mol. The van der Waals surface area contributed by atoms with Gasteiger partial charge in [-0.2, -0.15) is 0 Å². The fourth-order valence-corrected chi connectivity index (χ4v) is 4.19. The zero-order valence-electron chi connectivity index (χ0n) is 21.1. The van der Waals surface area contributed by atoms with Crippen molar-refractivity contribution in [3.8, 4) is 0 Å². The van der Waals surface area contributed by atoms with E-state index in [0.717, 1.165) is 12.8 Å². The highest BCUT2D eigenvalue weighted by molar-refractivity contribution is 5.89. The van der Waals surface area contributed by atoms with Crippen LogP contribution in [0.2, 0.25) is 0 Å². The van der Waals surface area contributed by atoms with Crippen molar-refractivity contribution >= 4 is 23.7 Å². The van der Waals surface area contributed by atoms with Crippen LogP contribution in [0.4, 0.5) is 19.7 Å². The molecule has 0 unspecified atom stereocenters. The van der Waals surface area contributed by atoms with Crippen LogP contribution in [0.1, 0.15) is 45.6 Å². The Morgan fingerprint density at radius 1 is 1.08 bits per heavy atom. The summed E-state index contributed by atoms with van der Waals surface area (Å²) < 4.78 is 19.7. The standard InChI is InChI=1S/C27H35FN4O4/c1-27(2,3)36-26(35)31-21(16-19-10-7-8-14-23(19)28)17-24(33)32-15-9-13-22(32)18-29-25(34)30-20-11-5-4-6-12-20/h4-8,10-12,14,21-22H,9,13,15-18H2,1-3H3,(H,31,35)(H2,29,30,34)/t21-,22+/m1/s1. The molecule has 8 nitrogen and oxygen atoms in total.